The van der Waals surface area contributed by atoms with Crippen molar-refractivity contribution in [3.05, 3.63) is 29.8 Å². The van der Waals surface area contributed by atoms with Gasteiger partial charge in [-0.3, -0.25) is 4.79 Å². The number of benzene rings is 1. The molecule has 0 saturated heterocycles. The number of amides is 1. The number of halogens is 1. The Kier molecular flexibility index (Phi) is 3.41. The number of carbonyl (C=O) groups excluding carboxylic acids is 1. The fourth-order valence-electron chi connectivity index (χ4n) is 3.09. The van der Waals surface area contributed by atoms with Crippen LogP contribution in [0.4, 0.5) is 4.39 Å². The summed E-state index contributed by atoms with van der Waals surface area (Å²) >= 11 is 0. The lowest BCUT2D eigenvalue weighted by Gasteiger charge is -2.30. The number of aromatic amines is 1. The third-order valence-corrected chi connectivity index (χ3v) is 4.48. The molecule has 1 heterocycles. The number of fused-ring (bicyclic) bond motifs is 1. The number of carbonyl (C=O) groups is 1. The minimum absolute atomic E-state index is 0.0267. The molecule has 1 aromatic heterocycles. The Bertz CT molecular complexity index is 685. The first-order valence-electron chi connectivity index (χ1n) is 7.08. The van der Waals surface area contributed by atoms with Gasteiger partial charge in [0, 0.05) is 11.5 Å². The smallest absolute Gasteiger partial charge is 0.253 e. The van der Waals surface area contributed by atoms with Crippen LogP contribution < -0.4 is 5.32 Å². The van der Waals surface area contributed by atoms with Gasteiger partial charge < -0.3 is 15.4 Å². The van der Waals surface area contributed by atoms with Crippen LogP contribution in [0.5, 0.6) is 0 Å². The van der Waals surface area contributed by atoms with Crippen LogP contribution in [0.2, 0.25) is 0 Å². The summed E-state index contributed by atoms with van der Waals surface area (Å²) in [5.41, 5.74) is 0.862. The zero-order valence-corrected chi connectivity index (χ0v) is 11.8. The minimum Gasteiger partial charge on any atom is -0.396 e. The van der Waals surface area contributed by atoms with Gasteiger partial charge in [0.2, 0.25) is 0 Å². The van der Waals surface area contributed by atoms with E-state index < -0.39 is 5.82 Å². The van der Waals surface area contributed by atoms with Crippen molar-refractivity contribution in [2.75, 3.05) is 6.61 Å². The first-order chi connectivity index (χ1) is 10.0. The molecular formula is C15H18FN3O2. The summed E-state index contributed by atoms with van der Waals surface area (Å²) in [6.45, 7) is 1.99. The molecule has 1 aliphatic rings. The summed E-state index contributed by atoms with van der Waals surface area (Å²) in [6, 6.07) is 2.41. The molecule has 1 saturated carbocycles. The molecular weight excluding hydrogens is 273 g/mol. The molecule has 2 aromatic rings. The Balaban J connectivity index is 1.89. The molecule has 2 unspecified atom stereocenters. The molecule has 1 fully saturated rings. The lowest BCUT2D eigenvalue weighted by atomic mass is 9.85. The van der Waals surface area contributed by atoms with Gasteiger partial charge in [-0.2, -0.15) is 0 Å². The van der Waals surface area contributed by atoms with E-state index in [1.54, 1.807) is 0 Å². The first-order valence-corrected chi connectivity index (χ1v) is 7.08. The molecule has 3 N–H and O–H groups in total. The summed E-state index contributed by atoms with van der Waals surface area (Å²) < 4.78 is 13.6. The molecule has 0 bridgehead atoms. The summed E-state index contributed by atoms with van der Waals surface area (Å²) in [7, 11) is 0. The van der Waals surface area contributed by atoms with Crippen LogP contribution in [-0.2, 0) is 0 Å². The Morgan fingerprint density at radius 2 is 2.43 bits per heavy atom. The summed E-state index contributed by atoms with van der Waals surface area (Å²) in [6.07, 6.45) is 4.09. The number of hydrogen-bond donors (Lipinski definition) is 3. The number of aliphatic hydroxyl groups is 1. The maximum absolute atomic E-state index is 13.6. The number of hydrogen-bond acceptors (Lipinski definition) is 3. The second-order valence-corrected chi connectivity index (χ2v) is 5.98. The summed E-state index contributed by atoms with van der Waals surface area (Å²) in [5, 5.41) is 12.5. The van der Waals surface area contributed by atoms with Crippen molar-refractivity contribution in [2.24, 2.45) is 5.41 Å². The maximum atomic E-state index is 13.6. The van der Waals surface area contributed by atoms with E-state index >= 15 is 0 Å². The minimum atomic E-state index is -0.478. The Morgan fingerprint density at radius 1 is 1.62 bits per heavy atom. The van der Waals surface area contributed by atoms with E-state index in [1.807, 2.05) is 6.92 Å². The highest BCUT2D eigenvalue weighted by Gasteiger charge is 2.39. The van der Waals surface area contributed by atoms with Crippen LogP contribution in [0.25, 0.3) is 11.0 Å². The Morgan fingerprint density at radius 3 is 3.19 bits per heavy atom. The van der Waals surface area contributed by atoms with Crippen molar-refractivity contribution >= 4 is 16.9 Å². The van der Waals surface area contributed by atoms with Crippen molar-refractivity contribution in [3.63, 3.8) is 0 Å². The second-order valence-electron chi connectivity index (χ2n) is 5.98. The van der Waals surface area contributed by atoms with Gasteiger partial charge in [-0.1, -0.05) is 13.3 Å². The molecule has 0 spiro atoms. The van der Waals surface area contributed by atoms with Gasteiger partial charge in [-0.25, -0.2) is 9.37 Å². The lowest BCUT2D eigenvalue weighted by molar-refractivity contribution is 0.0831. The highest BCUT2D eigenvalue weighted by molar-refractivity contribution is 6.05. The predicted molar refractivity (Wildman–Crippen MR) is 76.3 cm³/mol. The molecule has 112 valence electrons. The molecule has 0 aliphatic heterocycles. The summed E-state index contributed by atoms with van der Waals surface area (Å²) in [5.74, 6) is -0.827. The largest absolute Gasteiger partial charge is 0.396 e. The van der Waals surface area contributed by atoms with Crippen molar-refractivity contribution in [1.82, 2.24) is 15.3 Å². The average molecular weight is 291 g/mol. The third kappa shape index (κ3) is 2.40. The quantitative estimate of drug-likeness (QED) is 0.809. The molecule has 5 nitrogen and oxygen atoms in total. The van der Waals surface area contributed by atoms with Gasteiger partial charge in [0.25, 0.3) is 5.91 Å². The normalized spacial score (nSPS) is 25.4. The third-order valence-electron chi connectivity index (χ3n) is 4.48. The van der Waals surface area contributed by atoms with Crippen molar-refractivity contribution in [2.45, 2.75) is 32.2 Å². The topological polar surface area (TPSA) is 78.0 Å². The van der Waals surface area contributed by atoms with Crippen molar-refractivity contribution in [3.8, 4) is 0 Å². The van der Waals surface area contributed by atoms with Gasteiger partial charge in [0.15, 0.2) is 0 Å². The van der Waals surface area contributed by atoms with Gasteiger partial charge in [0.05, 0.1) is 24.0 Å². The molecule has 6 heteroatoms. The Labute approximate surface area is 121 Å². The van der Waals surface area contributed by atoms with Crippen LogP contribution in [0.15, 0.2) is 18.5 Å². The maximum Gasteiger partial charge on any atom is 0.253 e. The SMILES string of the molecule is CC1(CO)CCCC1NC(=O)c1cc(F)cc2[nH]cnc12. The zero-order valence-electron chi connectivity index (χ0n) is 11.8. The fourth-order valence-corrected chi connectivity index (χ4v) is 3.09. The highest BCUT2D eigenvalue weighted by Crippen LogP contribution is 2.37. The molecule has 2 atom stereocenters. The summed E-state index contributed by atoms with van der Waals surface area (Å²) in [4.78, 5) is 19.3. The van der Waals surface area contributed by atoms with Gasteiger partial charge in [0.1, 0.15) is 11.3 Å². The number of aromatic nitrogens is 2. The van der Waals surface area contributed by atoms with E-state index in [4.69, 9.17) is 0 Å². The molecule has 1 aromatic carbocycles. The van der Waals surface area contributed by atoms with E-state index in [0.717, 1.165) is 19.3 Å². The average Bonchev–Trinajstić information content (AvgIpc) is 3.05. The first kappa shape index (κ1) is 14.0. The van der Waals surface area contributed by atoms with Crippen LogP contribution in [0.1, 0.15) is 36.5 Å². The fraction of sp³-hybridized carbons (Fsp3) is 0.467. The van der Waals surface area contributed by atoms with Gasteiger partial charge >= 0.3 is 0 Å². The van der Waals surface area contributed by atoms with Crippen molar-refractivity contribution in [1.29, 1.82) is 0 Å². The monoisotopic (exact) mass is 291 g/mol. The second kappa shape index (κ2) is 5.11. The van der Waals surface area contributed by atoms with Gasteiger partial charge in [-0.05, 0) is 25.0 Å². The molecule has 21 heavy (non-hydrogen) atoms. The number of H-pyrrole nitrogens is 1. The number of aliphatic hydroxyl groups excluding tert-OH is 1. The van der Waals surface area contributed by atoms with Crippen LogP contribution in [0, 0.1) is 11.2 Å². The number of imidazole rings is 1. The Hall–Kier alpha value is -1.95. The molecule has 3 rings (SSSR count). The zero-order chi connectivity index (χ0) is 15.0. The lowest BCUT2D eigenvalue weighted by Crippen LogP contribution is -2.44. The molecule has 1 amide bonds. The van der Waals surface area contributed by atoms with E-state index in [-0.39, 0.29) is 29.5 Å². The standard InChI is InChI=1S/C15H18FN3O2/c1-15(7-20)4-2-3-12(15)19-14(21)10-5-9(16)6-11-13(10)18-8-17-11/h5-6,8,12,20H,2-4,7H2,1H3,(H,17,18)(H,19,21). The van der Waals surface area contributed by atoms with Crippen molar-refractivity contribution < 1.29 is 14.3 Å². The number of nitrogens with one attached hydrogen (secondary N) is 2. The van der Waals surface area contributed by atoms with Crippen LogP contribution >= 0.6 is 0 Å². The highest BCUT2D eigenvalue weighted by atomic mass is 19.1. The molecule has 0 radical (unpaired) electrons. The molecule has 1 aliphatic carbocycles. The predicted octanol–water partition coefficient (Wildman–Crippen LogP) is 1.98. The van der Waals surface area contributed by atoms with E-state index in [2.05, 4.69) is 15.3 Å². The van der Waals surface area contributed by atoms with E-state index in [1.165, 1.54) is 18.5 Å². The number of nitrogens with zero attached hydrogens (tertiary/aromatic N) is 1. The van der Waals surface area contributed by atoms with E-state index in [0.29, 0.717) is 11.0 Å². The van der Waals surface area contributed by atoms with E-state index in [9.17, 15) is 14.3 Å². The van der Waals surface area contributed by atoms with Crippen LogP contribution in [0.3, 0.4) is 0 Å². The van der Waals surface area contributed by atoms with Crippen LogP contribution in [-0.4, -0.2) is 33.6 Å². The van der Waals surface area contributed by atoms with Gasteiger partial charge in [-0.15, -0.1) is 0 Å². The number of rotatable bonds is 3.